The summed E-state index contributed by atoms with van der Waals surface area (Å²) in [7, 11) is 0. The zero-order valence-corrected chi connectivity index (χ0v) is 10.9. The van der Waals surface area contributed by atoms with Gasteiger partial charge in [0.05, 0.1) is 11.8 Å². The first-order valence-corrected chi connectivity index (χ1v) is 6.30. The Morgan fingerprint density at radius 3 is 2.89 bits per heavy atom. The van der Waals surface area contributed by atoms with Crippen LogP contribution in [-0.4, -0.2) is 34.3 Å². The Morgan fingerprint density at radius 1 is 1.47 bits per heavy atom. The first-order valence-electron chi connectivity index (χ1n) is 5.92. The first kappa shape index (κ1) is 13.7. The average Bonchev–Trinajstić information content (AvgIpc) is 2.40. The summed E-state index contributed by atoms with van der Waals surface area (Å²) in [6, 6.07) is 0.352. The summed E-state index contributed by atoms with van der Waals surface area (Å²) in [6.45, 7) is 0.402. The lowest BCUT2D eigenvalue weighted by Gasteiger charge is -2.33. The Balaban J connectivity index is 2.31. The van der Waals surface area contributed by atoms with Gasteiger partial charge in [-0.25, -0.2) is 9.37 Å². The second-order valence-electron chi connectivity index (χ2n) is 4.40. The molecule has 19 heavy (non-hydrogen) atoms. The second-order valence-corrected chi connectivity index (χ2v) is 4.76. The Labute approximate surface area is 114 Å². The van der Waals surface area contributed by atoms with Crippen molar-refractivity contribution in [3.8, 4) is 0 Å². The third-order valence-corrected chi connectivity index (χ3v) is 3.43. The Kier molecular flexibility index (Phi) is 3.99. The molecule has 1 fully saturated rings. The monoisotopic (exact) mass is 285 g/mol. The topological polar surface area (TPSA) is 76.3 Å². The fourth-order valence-electron chi connectivity index (χ4n) is 2.20. The number of likely N-dealkylation sites (tertiary alicyclic amines) is 1. The minimum Gasteiger partial charge on any atom is -0.368 e. The van der Waals surface area contributed by atoms with Crippen LogP contribution < -0.4 is 5.73 Å². The van der Waals surface area contributed by atoms with Crippen LogP contribution in [0, 0.1) is 5.82 Å². The van der Waals surface area contributed by atoms with E-state index in [1.165, 1.54) is 4.90 Å². The molecule has 1 aromatic heterocycles. The molecule has 102 valence electrons. The molecule has 5 nitrogen and oxygen atoms in total. The van der Waals surface area contributed by atoms with Crippen molar-refractivity contribution in [2.75, 3.05) is 6.54 Å². The Hall–Kier alpha value is -1.69. The van der Waals surface area contributed by atoms with Gasteiger partial charge in [0.1, 0.15) is 17.0 Å². The van der Waals surface area contributed by atoms with Gasteiger partial charge in [0.25, 0.3) is 5.91 Å². The van der Waals surface area contributed by atoms with Crippen LogP contribution in [0.4, 0.5) is 4.39 Å². The van der Waals surface area contributed by atoms with Crippen molar-refractivity contribution >= 4 is 23.4 Å². The molecule has 1 unspecified atom stereocenters. The number of amides is 2. The summed E-state index contributed by atoms with van der Waals surface area (Å²) in [6.07, 6.45) is 3.05. The number of nitrogens with two attached hydrogens (primary N) is 1. The van der Waals surface area contributed by atoms with Gasteiger partial charge in [0.2, 0.25) is 5.91 Å². The van der Waals surface area contributed by atoms with Gasteiger partial charge in [0.15, 0.2) is 0 Å². The van der Waals surface area contributed by atoms with Gasteiger partial charge >= 0.3 is 0 Å². The van der Waals surface area contributed by atoms with Crippen LogP contribution in [0.1, 0.15) is 29.6 Å². The van der Waals surface area contributed by atoms with Gasteiger partial charge in [-0.2, -0.15) is 0 Å². The number of hydrogen-bond acceptors (Lipinski definition) is 3. The van der Waals surface area contributed by atoms with Crippen LogP contribution in [0.3, 0.4) is 0 Å². The van der Waals surface area contributed by atoms with E-state index in [2.05, 4.69) is 4.98 Å². The van der Waals surface area contributed by atoms with Crippen molar-refractivity contribution in [3.05, 3.63) is 28.8 Å². The van der Waals surface area contributed by atoms with Gasteiger partial charge in [0, 0.05) is 6.54 Å². The van der Waals surface area contributed by atoms with Gasteiger partial charge in [-0.05, 0) is 25.3 Å². The fraction of sp³-hybridized carbons (Fsp3) is 0.417. The highest BCUT2D eigenvalue weighted by Crippen LogP contribution is 2.22. The van der Waals surface area contributed by atoms with E-state index in [0.29, 0.717) is 13.0 Å². The van der Waals surface area contributed by atoms with Gasteiger partial charge in [-0.3, -0.25) is 9.59 Å². The number of piperidine rings is 1. The molecule has 1 aromatic rings. The van der Waals surface area contributed by atoms with E-state index in [9.17, 15) is 14.0 Å². The fourth-order valence-corrected chi connectivity index (χ4v) is 2.38. The summed E-state index contributed by atoms with van der Waals surface area (Å²) in [4.78, 5) is 28.6. The number of pyridine rings is 1. The molecule has 0 saturated carbocycles. The lowest BCUT2D eigenvalue weighted by molar-refractivity contribution is -0.123. The molecule has 0 spiro atoms. The zero-order valence-electron chi connectivity index (χ0n) is 10.1. The minimum atomic E-state index is -0.666. The van der Waals surface area contributed by atoms with E-state index in [-0.39, 0.29) is 10.7 Å². The third-order valence-electron chi connectivity index (χ3n) is 3.13. The van der Waals surface area contributed by atoms with Crippen molar-refractivity contribution < 1.29 is 14.0 Å². The van der Waals surface area contributed by atoms with E-state index in [4.69, 9.17) is 17.3 Å². The van der Waals surface area contributed by atoms with Crippen molar-refractivity contribution in [1.29, 1.82) is 0 Å². The SMILES string of the molecule is NC(=O)C1CCCCN1C(=O)c1cc(F)cnc1Cl. The van der Waals surface area contributed by atoms with E-state index in [1.807, 2.05) is 0 Å². The molecule has 0 bridgehead atoms. The maximum absolute atomic E-state index is 13.1. The number of primary amides is 1. The van der Waals surface area contributed by atoms with E-state index < -0.39 is 23.7 Å². The number of rotatable bonds is 2. The molecule has 2 amide bonds. The minimum absolute atomic E-state index is 0.0465. The zero-order chi connectivity index (χ0) is 14.0. The standard InChI is InChI=1S/C12H13ClFN3O2/c13-10-8(5-7(14)6-16-10)12(19)17-4-2-1-3-9(17)11(15)18/h5-6,9H,1-4H2,(H2,15,18). The Morgan fingerprint density at radius 2 is 2.21 bits per heavy atom. The normalized spacial score (nSPS) is 19.3. The molecule has 0 aromatic carbocycles. The molecule has 1 aliphatic rings. The third kappa shape index (κ3) is 2.84. The van der Waals surface area contributed by atoms with Gasteiger partial charge in [-0.1, -0.05) is 11.6 Å². The number of carbonyl (C=O) groups is 2. The molecule has 1 saturated heterocycles. The number of halogens is 2. The van der Waals surface area contributed by atoms with E-state index in [1.54, 1.807) is 0 Å². The van der Waals surface area contributed by atoms with Crippen LogP contribution in [0.25, 0.3) is 0 Å². The van der Waals surface area contributed by atoms with Crippen LogP contribution in [-0.2, 0) is 4.79 Å². The predicted octanol–water partition coefficient (Wildman–Crippen LogP) is 1.35. The average molecular weight is 286 g/mol. The second kappa shape index (κ2) is 5.52. The molecule has 1 atom stereocenters. The summed E-state index contributed by atoms with van der Waals surface area (Å²) < 4.78 is 13.1. The van der Waals surface area contributed by atoms with Crippen molar-refractivity contribution in [2.24, 2.45) is 5.73 Å². The maximum Gasteiger partial charge on any atom is 0.257 e. The number of carbonyl (C=O) groups excluding carboxylic acids is 2. The summed E-state index contributed by atoms with van der Waals surface area (Å²) in [5.41, 5.74) is 5.24. The molecule has 2 N–H and O–H groups in total. The molecule has 0 aliphatic carbocycles. The first-order chi connectivity index (χ1) is 9.00. The van der Waals surface area contributed by atoms with Crippen molar-refractivity contribution in [1.82, 2.24) is 9.88 Å². The molecule has 7 heteroatoms. The van der Waals surface area contributed by atoms with Crippen LogP contribution in [0.5, 0.6) is 0 Å². The summed E-state index contributed by atoms with van der Waals surface area (Å²) in [5, 5.41) is -0.0832. The summed E-state index contributed by atoms with van der Waals surface area (Å²) in [5.74, 6) is -1.73. The predicted molar refractivity (Wildman–Crippen MR) is 67.1 cm³/mol. The highest BCUT2D eigenvalue weighted by Gasteiger charge is 2.32. The van der Waals surface area contributed by atoms with E-state index in [0.717, 1.165) is 25.1 Å². The van der Waals surface area contributed by atoms with Gasteiger partial charge in [-0.15, -0.1) is 0 Å². The summed E-state index contributed by atoms with van der Waals surface area (Å²) >= 11 is 5.80. The molecule has 0 radical (unpaired) electrons. The highest BCUT2D eigenvalue weighted by molar-refractivity contribution is 6.32. The number of hydrogen-bond donors (Lipinski definition) is 1. The molecule has 2 rings (SSSR count). The molecular formula is C12H13ClFN3O2. The molecule has 1 aliphatic heterocycles. The molecular weight excluding hydrogens is 273 g/mol. The van der Waals surface area contributed by atoms with Crippen LogP contribution in [0.2, 0.25) is 5.15 Å². The van der Waals surface area contributed by atoms with E-state index >= 15 is 0 Å². The highest BCUT2D eigenvalue weighted by atomic mass is 35.5. The maximum atomic E-state index is 13.1. The number of nitrogens with zero attached hydrogens (tertiary/aromatic N) is 2. The quantitative estimate of drug-likeness (QED) is 0.834. The van der Waals surface area contributed by atoms with Crippen molar-refractivity contribution in [3.63, 3.8) is 0 Å². The lowest BCUT2D eigenvalue weighted by atomic mass is 10.0. The smallest absolute Gasteiger partial charge is 0.257 e. The van der Waals surface area contributed by atoms with Gasteiger partial charge < -0.3 is 10.6 Å². The van der Waals surface area contributed by atoms with Crippen LogP contribution >= 0.6 is 11.6 Å². The number of aromatic nitrogens is 1. The Bertz CT molecular complexity index is 524. The molecule has 2 heterocycles. The lowest BCUT2D eigenvalue weighted by Crippen LogP contribution is -2.50. The largest absolute Gasteiger partial charge is 0.368 e. The van der Waals surface area contributed by atoms with Crippen LogP contribution in [0.15, 0.2) is 12.3 Å². The van der Waals surface area contributed by atoms with Crippen molar-refractivity contribution in [2.45, 2.75) is 25.3 Å².